The van der Waals surface area contributed by atoms with E-state index in [4.69, 9.17) is 10.2 Å². The maximum absolute atomic E-state index is 11.5. The first kappa shape index (κ1) is 16.0. The molecule has 0 saturated carbocycles. The van der Waals surface area contributed by atoms with Gasteiger partial charge in [0, 0.05) is 13.0 Å². The number of amides is 2. The van der Waals surface area contributed by atoms with Gasteiger partial charge in [0.25, 0.3) is 0 Å². The molecule has 0 bridgehead atoms. The highest BCUT2D eigenvalue weighted by Gasteiger charge is 2.20. The van der Waals surface area contributed by atoms with E-state index in [-0.39, 0.29) is 12.8 Å². The zero-order chi connectivity index (χ0) is 15.0. The Morgan fingerprint density at radius 3 is 2.60 bits per heavy atom. The molecule has 2 amide bonds. The Labute approximate surface area is 119 Å². The molecule has 1 unspecified atom stereocenters. The van der Waals surface area contributed by atoms with Crippen molar-refractivity contribution in [3.8, 4) is 0 Å². The molecule has 8 heteroatoms. The van der Waals surface area contributed by atoms with Gasteiger partial charge in [0.15, 0.2) is 0 Å². The maximum Gasteiger partial charge on any atom is 0.326 e. The Kier molecular flexibility index (Phi) is 6.51. The summed E-state index contributed by atoms with van der Waals surface area (Å²) in [5, 5.41) is 26.1. The van der Waals surface area contributed by atoms with Crippen molar-refractivity contribution in [1.29, 1.82) is 0 Å². The van der Waals surface area contributed by atoms with Crippen LogP contribution in [0.15, 0.2) is 16.8 Å². The molecule has 7 nitrogen and oxygen atoms in total. The summed E-state index contributed by atoms with van der Waals surface area (Å²) in [5.41, 5.74) is 1.09. The second-order valence-corrected chi connectivity index (χ2v) is 4.89. The molecule has 0 aliphatic heterocycles. The molecular weight excluding hydrogens is 284 g/mol. The van der Waals surface area contributed by atoms with E-state index in [1.165, 1.54) is 0 Å². The average Bonchev–Trinajstić information content (AvgIpc) is 2.87. The van der Waals surface area contributed by atoms with Crippen molar-refractivity contribution in [2.24, 2.45) is 0 Å². The zero-order valence-electron chi connectivity index (χ0n) is 10.7. The van der Waals surface area contributed by atoms with Crippen LogP contribution in [-0.4, -0.2) is 40.8 Å². The minimum absolute atomic E-state index is 0.150. The van der Waals surface area contributed by atoms with Crippen LogP contribution in [0.25, 0.3) is 0 Å². The largest absolute Gasteiger partial charge is 0.481 e. The molecule has 0 fully saturated rings. The molecule has 110 valence electrons. The van der Waals surface area contributed by atoms with E-state index in [1.54, 1.807) is 11.3 Å². The van der Waals surface area contributed by atoms with Gasteiger partial charge >= 0.3 is 18.0 Å². The fourth-order valence-electron chi connectivity index (χ4n) is 1.49. The van der Waals surface area contributed by atoms with Crippen LogP contribution in [0.1, 0.15) is 18.4 Å². The van der Waals surface area contributed by atoms with Crippen LogP contribution in [-0.2, 0) is 16.0 Å². The minimum Gasteiger partial charge on any atom is -0.481 e. The van der Waals surface area contributed by atoms with Gasteiger partial charge in [0.1, 0.15) is 6.04 Å². The smallest absolute Gasteiger partial charge is 0.326 e. The van der Waals surface area contributed by atoms with Gasteiger partial charge in [-0.25, -0.2) is 9.59 Å². The van der Waals surface area contributed by atoms with E-state index in [0.29, 0.717) is 13.0 Å². The number of aliphatic carboxylic acids is 2. The summed E-state index contributed by atoms with van der Waals surface area (Å²) in [4.78, 5) is 32.8. The van der Waals surface area contributed by atoms with Gasteiger partial charge in [-0.1, -0.05) is 0 Å². The van der Waals surface area contributed by atoms with Crippen molar-refractivity contribution < 1.29 is 24.6 Å². The van der Waals surface area contributed by atoms with Crippen LogP contribution in [0.5, 0.6) is 0 Å². The van der Waals surface area contributed by atoms with Gasteiger partial charge in [0.05, 0.1) is 0 Å². The zero-order valence-corrected chi connectivity index (χ0v) is 11.5. The number of thiophene rings is 1. The van der Waals surface area contributed by atoms with Crippen molar-refractivity contribution in [2.45, 2.75) is 25.3 Å². The topological polar surface area (TPSA) is 116 Å². The molecule has 0 radical (unpaired) electrons. The predicted molar refractivity (Wildman–Crippen MR) is 72.9 cm³/mol. The van der Waals surface area contributed by atoms with E-state index in [9.17, 15) is 14.4 Å². The van der Waals surface area contributed by atoms with Crippen LogP contribution in [0.3, 0.4) is 0 Å². The number of carboxylic acid groups (broad SMARTS) is 2. The molecule has 0 aromatic carbocycles. The van der Waals surface area contributed by atoms with Crippen molar-refractivity contribution in [3.63, 3.8) is 0 Å². The molecular formula is C12H16N2O5S. The van der Waals surface area contributed by atoms with Crippen molar-refractivity contribution >= 4 is 29.3 Å². The predicted octanol–water partition coefficient (Wildman–Crippen LogP) is 0.908. The summed E-state index contributed by atoms with van der Waals surface area (Å²) < 4.78 is 0. The number of carboxylic acids is 2. The van der Waals surface area contributed by atoms with Gasteiger partial charge in [-0.15, -0.1) is 0 Å². The van der Waals surface area contributed by atoms with Crippen molar-refractivity contribution in [3.05, 3.63) is 22.4 Å². The van der Waals surface area contributed by atoms with E-state index < -0.39 is 24.0 Å². The lowest BCUT2D eigenvalue weighted by Gasteiger charge is -2.14. The number of carbonyl (C=O) groups excluding carboxylic acids is 1. The molecule has 20 heavy (non-hydrogen) atoms. The Morgan fingerprint density at radius 2 is 2.05 bits per heavy atom. The monoisotopic (exact) mass is 300 g/mol. The van der Waals surface area contributed by atoms with Crippen molar-refractivity contribution in [1.82, 2.24) is 10.6 Å². The Morgan fingerprint density at radius 1 is 1.30 bits per heavy atom. The van der Waals surface area contributed by atoms with Gasteiger partial charge in [-0.2, -0.15) is 11.3 Å². The quantitative estimate of drug-likeness (QED) is 0.569. The third-order valence-corrected chi connectivity index (χ3v) is 3.26. The van der Waals surface area contributed by atoms with Gasteiger partial charge in [0.2, 0.25) is 0 Å². The van der Waals surface area contributed by atoms with Gasteiger partial charge in [-0.05, 0) is 35.2 Å². The summed E-state index contributed by atoms with van der Waals surface area (Å²) >= 11 is 1.56. The van der Waals surface area contributed by atoms with Gasteiger partial charge < -0.3 is 20.8 Å². The molecule has 0 aliphatic carbocycles. The van der Waals surface area contributed by atoms with Crippen LogP contribution in [0.4, 0.5) is 4.79 Å². The number of rotatable bonds is 8. The second kappa shape index (κ2) is 8.16. The highest BCUT2D eigenvalue weighted by atomic mass is 32.1. The van der Waals surface area contributed by atoms with E-state index in [1.807, 2.05) is 16.8 Å². The van der Waals surface area contributed by atoms with E-state index in [0.717, 1.165) is 5.56 Å². The SMILES string of the molecule is O=C(O)CCC(NC(=O)NCCc1ccsc1)C(=O)O. The summed E-state index contributed by atoms with van der Waals surface area (Å²) in [7, 11) is 0. The molecule has 0 saturated heterocycles. The standard InChI is InChI=1S/C12H16N2O5S/c15-10(16)2-1-9(11(17)18)14-12(19)13-5-3-8-4-6-20-7-8/h4,6-7,9H,1-3,5H2,(H,15,16)(H,17,18)(H2,13,14,19). The number of hydrogen-bond donors (Lipinski definition) is 4. The Bertz CT molecular complexity index is 460. The van der Waals surface area contributed by atoms with Gasteiger partial charge in [-0.3, -0.25) is 4.79 Å². The summed E-state index contributed by atoms with van der Waals surface area (Å²) in [5.74, 6) is -2.35. The molecule has 0 spiro atoms. The fraction of sp³-hybridized carbons (Fsp3) is 0.417. The molecule has 0 aliphatic rings. The van der Waals surface area contributed by atoms with Crippen LogP contribution >= 0.6 is 11.3 Å². The van der Waals surface area contributed by atoms with Crippen LogP contribution in [0.2, 0.25) is 0 Å². The normalized spacial score (nSPS) is 11.6. The lowest BCUT2D eigenvalue weighted by molar-refractivity contribution is -0.140. The third kappa shape index (κ3) is 6.19. The maximum atomic E-state index is 11.5. The number of nitrogens with one attached hydrogen (secondary N) is 2. The number of carbonyl (C=O) groups is 3. The van der Waals surface area contributed by atoms with E-state index in [2.05, 4.69) is 10.6 Å². The van der Waals surface area contributed by atoms with Crippen LogP contribution < -0.4 is 10.6 Å². The highest BCUT2D eigenvalue weighted by molar-refractivity contribution is 7.07. The molecule has 1 heterocycles. The minimum atomic E-state index is -1.25. The summed E-state index contributed by atoms with van der Waals surface area (Å²) in [6, 6.07) is 0.127. The molecule has 1 aromatic rings. The number of urea groups is 1. The van der Waals surface area contributed by atoms with Crippen molar-refractivity contribution in [2.75, 3.05) is 6.54 Å². The lowest BCUT2D eigenvalue weighted by atomic mass is 10.1. The third-order valence-electron chi connectivity index (χ3n) is 2.53. The first-order valence-corrected chi connectivity index (χ1v) is 6.93. The highest BCUT2D eigenvalue weighted by Crippen LogP contribution is 2.05. The summed E-state index contributed by atoms with van der Waals surface area (Å²) in [6.07, 6.45) is 0.193. The molecule has 1 rings (SSSR count). The first-order chi connectivity index (χ1) is 9.49. The fourth-order valence-corrected chi connectivity index (χ4v) is 2.19. The molecule has 4 N–H and O–H groups in total. The number of hydrogen-bond acceptors (Lipinski definition) is 4. The molecule has 1 aromatic heterocycles. The van der Waals surface area contributed by atoms with E-state index >= 15 is 0 Å². The Balaban J connectivity index is 2.30. The van der Waals surface area contributed by atoms with Crippen LogP contribution in [0, 0.1) is 0 Å². The second-order valence-electron chi connectivity index (χ2n) is 4.11. The summed E-state index contributed by atoms with van der Waals surface area (Å²) in [6.45, 7) is 0.383. The first-order valence-electron chi connectivity index (χ1n) is 5.99. The average molecular weight is 300 g/mol. The lowest BCUT2D eigenvalue weighted by Crippen LogP contribution is -2.46. The Hall–Kier alpha value is -2.09. The molecule has 1 atom stereocenters.